The van der Waals surface area contributed by atoms with Gasteiger partial charge in [-0.3, -0.25) is 0 Å². The quantitative estimate of drug-likeness (QED) is 0.411. The standard InChI is InChI=1S/C3H2BF6/c1-2(3(5,6)7)4(8,9)10/h1H2/q-1. The van der Waals surface area contributed by atoms with Crippen molar-refractivity contribution in [2.24, 2.45) is 0 Å². The summed E-state index contributed by atoms with van der Waals surface area (Å²) in [6.07, 6.45) is -5.35. The summed E-state index contributed by atoms with van der Waals surface area (Å²) in [5, 5.41) is 0. The van der Waals surface area contributed by atoms with Gasteiger partial charge in [0.15, 0.2) is 0 Å². The molecule has 0 fully saturated rings. The summed E-state index contributed by atoms with van der Waals surface area (Å²) in [5.41, 5.74) is -2.62. The average molecular weight is 163 g/mol. The normalized spacial score (nSPS) is 13.4. The maximum Gasteiger partial charge on any atom is 0.513 e. The van der Waals surface area contributed by atoms with Crippen molar-refractivity contribution in [2.75, 3.05) is 0 Å². The predicted molar refractivity (Wildman–Crippen MR) is 24.3 cm³/mol. The zero-order valence-electron chi connectivity index (χ0n) is 4.55. The Morgan fingerprint density at radius 2 is 1.40 bits per heavy atom. The molecule has 0 saturated heterocycles. The molecule has 0 atom stereocenters. The lowest BCUT2D eigenvalue weighted by atomic mass is 9.80. The molecule has 0 aromatic rings. The minimum absolute atomic E-state index is 1.88. The first-order valence-corrected chi connectivity index (χ1v) is 2.11. The van der Waals surface area contributed by atoms with Crippen molar-refractivity contribution in [3.8, 4) is 0 Å². The molecule has 0 spiro atoms. The zero-order chi connectivity index (χ0) is 8.58. The fraction of sp³-hybridized carbons (Fsp3) is 0.333. The molecular weight excluding hydrogens is 161 g/mol. The Morgan fingerprint density at radius 1 is 1.10 bits per heavy atom. The highest BCUT2D eigenvalue weighted by Crippen LogP contribution is 2.33. The Morgan fingerprint density at radius 3 is 1.40 bits per heavy atom. The number of hydrogen-bond donors (Lipinski definition) is 0. The van der Waals surface area contributed by atoms with Crippen LogP contribution in [0.25, 0.3) is 0 Å². The first-order valence-electron chi connectivity index (χ1n) is 2.11. The van der Waals surface area contributed by atoms with Gasteiger partial charge in [0.1, 0.15) is 0 Å². The molecule has 60 valence electrons. The Bertz CT molecular complexity index is 124. The van der Waals surface area contributed by atoms with Crippen LogP contribution in [0.15, 0.2) is 12.1 Å². The Kier molecular flexibility index (Phi) is 2.07. The van der Waals surface area contributed by atoms with Gasteiger partial charge in [-0.2, -0.15) is 13.2 Å². The van der Waals surface area contributed by atoms with Crippen molar-refractivity contribution in [2.45, 2.75) is 6.18 Å². The molecule has 0 radical (unpaired) electrons. The van der Waals surface area contributed by atoms with Gasteiger partial charge in [-0.1, -0.05) is 0 Å². The van der Waals surface area contributed by atoms with Crippen molar-refractivity contribution in [3.63, 3.8) is 0 Å². The molecule has 0 nitrogen and oxygen atoms in total. The summed E-state index contributed by atoms with van der Waals surface area (Å²) in [6.45, 7) is -4.10. The summed E-state index contributed by atoms with van der Waals surface area (Å²) in [5.74, 6) is 0. The maximum absolute atomic E-state index is 11.2. The van der Waals surface area contributed by atoms with Gasteiger partial charge in [-0.05, 0) is 5.47 Å². The molecule has 0 rings (SSSR count). The van der Waals surface area contributed by atoms with E-state index in [1.165, 1.54) is 0 Å². The Labute approximate surface area is 52.6 Å². The molecule has 0 aliphatic carbocycles. The molecule has 0 amide bonds. The molecule has 7 heteroatoms. The van der Waals surface area contributed by atoms with Crippen LogP contribution in [0.5, 0.6) is 0 Å². The molecule has 0 bridgehead atoms. The first-order chi connectivity index (χ1) is 4.15. The highest BCUT2D eigenvalue weighted by molar-refractivity contribution is 6.67. The molecule has 0 aliphatic rings. The molecule has 0 N–H and O–H groups in total. The van der Waals surface area contributed by atoms with E-state index >= 15 is 0 Å². The van der Waals surface area contributed by atoms with Crippen molar-refractivity contribution < 1.29 is 26.1 Å². The SMILES string of the molecule is C=C([B-](F)(F)F)C(F)(F)F. The number of alkyl halides is 3. The van der Waals surface area contributed by atoms with Gasteiger partial charge >= 0.3 is 13.2 Å². The van der Waals surface area contributed by atoms with E-state index in [0.717, 1.165) is 0 Å². The van der Waals surface area contributed by atoms with E-state index in [4.69, 9.17) is 0 Å². The van der Waals surface area contributed by atoms with Crippen LogP contribution in [0.3, 0.4) is 0 Å². The van der Waals surface area contributed by atoms with Gasteiger partial charge in [-0.25, -0.2) is 0 Å². The second-order valence-corrected chi connectivity index (χ2v) is 1.60. The van der Waals surface area contributed by atoms with E-state index in [0.29, 0.717) is 0 Å². The molecular formula is C3H2BF6-. The van der Waals surface area contributed by atoms with Crippen molar-refractivity contribution in [1.82, 2.24) is 0 Å². The lowest BCUT2D eigenvalue weighted by molar-refractivity contribution is -0.0878. The van der Waals surface area contributed by atoms with Gasteiger partial charge in [0.2, 0.25) is 0 Å². The zero-order valence-corrected chi connectivity index (χ0v) is 4.55. The summed E-state index contributed by atoms with van der Waals surface area (Å²) >= 11 is 0. The minimum atomic E-state index is -5.98. The van der Waals surface area contributed by atoms with Crippen LogP contribution >= 0.6 is 0 Å². The van der Waals surface area contributed by atoms with Gasteiger partial charge in [-0.15, -0.1) is 6.58 Å². The molecule has 0 aromatic carbocycles. The van der Waals surface area contributed by atoms with E-state index in [1.54, 1.807) is 0 Å². The van der Waals surface area contributed by atoms with Gasteiger partial charge in [0, 0.05) is 0 Å². The third-order valence-corrected chi connectivity index (χ3v) is 0.759. The van der Waals surface area contributed by atoms with Crippen molar-refractivity contribution >= 4 is 6.98 Å². The molecule has 10 heavy (non-hydrogen) atoms. The number of hydrogen-bond acceptors (Lipinski definition) is 0. The first kappa shape index (κ1) is 9.38. The van der Waals surface area contributed by atoms with Crippen LogP contribution in [-0.4, -0.2) is 13.2 Å². The fourth-order valence-corrected chi connectivity index (χ4v) is 0.186. The van der Waals surface area contributed by atoms with E-state index in [2.05, 4.69) is 0 Å². The number of halogens is 6. The smallest absolute Gasteiger partial charge is 0.445 e. The van der Waals surface area contributed by atoms with Crippen LogP contribution in [0.4, 0.5) is 26.1 Å². The third kappa shape index (κ3) is 2.32. The number of rotatable bonds is 1. The lowest BCUT2D eigenvalue weighted by Crippen LogP contribution is -2.29. The maximum atomic E-state index is 11.2. The lowest BCUT2D eigenvalue weighted by Gasteiger charge is -2.19. The van der Waals surface area contributed by atoms with E-state index in [9.17, 15) is 26.1 Å². The van der Waals surface area contributed by atoms with Crippen LogP contribution in [0, 0.1) is 0 Å². The molecule has 0 aliphatic heterocycles. The van der Waals surface area contributed by atoms with Gasteiger partial charge in [0.05, 0.1) is 0 Å². The van der Waals surface area contributed by atoms with Crippen molar-refractivity contribution in [3.05, 3.63) is 12.1 Å². The number of allylic oxidation sites excluding steroid dienone is 1. The Balaban J connectivity index is 4.40. The summed E-state index contributed by atoms with van der Waals surface area (Å²) in [7, 11) is 0. The van der Waals surface area contributed by atoms with E-state index < -0.39 is 18.6 Å². The minimum Gasteiger partial charge on any atom is -0.445 e. The van der Waals surface area contributed by atoms with Crippen LogP contribution in [-0.2, 0) is 0 Å². The summed E-state index contributed by atoms with van der Waals surface area (Å²) in [6, 6.07) is 0. The topological polar surface area (TPSA) is 0 Å². The average Bonchev–Trinajstić information content (AvgIpc) is 1.59. The third-order valence-electron chi connectivity index (χ3n) is 0.759. The fourth-order valence-electron chi connectivity index (χ4n) is 0.186. The second-order valence-electron chi connectivity index (χ2n) is 1.60. The monoisotopic (exact) mass is 163 g/mol. The van der Waals surface area contributed by atoms with E-state index in [-0.39, 0.29) is 0 Å². The van der Waals surface area contributed by atoms with Crippen LogP contribution in [0.2, 0.25) is 0 Å². The highest BCUT2D eigenvalue weighted by atomic mass is 19.4. The molecule has 0 saturated carbocycles. The molecule has 0 heterocycles. The molecule has 0 aromatic heterocycles. The second kappa shape index (κ2) is 2.21. The van der Waals surface area contributed by atoms with Gasteiger partial charge in [0.25, 0.3) is 0 Å². The predicted octanol–water partition coefficient (Wildman–Crippen LogP) is 2.49. The van der Waals surface area contributed by atoms with Crippen LogP contribution in [0.1, 0.15) is 0 Å². The van der Waals surface area contributed by atoms with Gasteiger partial charge < -0.3 is 12.9 Å². The highest BCUT2D eigenvalue weighted by Gasteiger charge is 2.43. The largest absolute Gasteiger partial charge is 0.513 e. The molecule has 0 unspecified atom stereocenters. The van der Waals surface area contributed by atoms with Crippen molar-refractivity contribution in [1.29, 1.82) is 0 Å². The van der Waals surface area contributed by atoms with E-state index in [1.807, 2.05) is 6.58 Å². The summed E-state index contributed by atoms with van der Waals surface area (Å²) < 4.78 is 67.0. The van der Waals surface area contributed by atoms with Crippen LogP contribution < -0.4 is 0 Å². The Hall–Kier alpha value is -0.615. The summed E-state index contributed by atoms with van der Waals surface area (Å²) in [4.78, 5) is 0.